The maximum absolute atomic E-state index is 12.1. The second kappa shape index (κ2) is 6.94. The molecule has 7 heteroatoms. The molecule has 2 aromatic rings. The molecule has 0 spiro atoms. The number of benzene rings is 1. The number of nitrogens with one attached hydrogen (secondary N) is 1. The van der Waals surface area contributed by atoms with Crippen LogP contribution >= 0.6 is 0 Å². The number of aromatic nitrogens is 4. The third-order valence-electron chi connectivity index (χ3n) is 3.27. The van der Waals surface area contributed by atoms with Crippen molar-refractivity contribution in [2.24, 2.45) is 11.7 Å². The molecule has 1 heterocycles. The Bertz CT molecular complexity index is 609. The van der Waals surface area contributed by atoms with Crippen LogP contribution in [0.3, 0.4) is 0 Å². The van der Waals surface area contributed by atoms with Gasteiger partial charge in [-0.15, -0.1) is 5.10 Å². The summed E-state index contributed by atoms with van der Waals surface area (Å²) in [5.41, 5.74) is 7.00. The molecule has 0 aliphatic carbocycles. The molecule has 3 N–H and O–H groups in total. The summed E-state index contributed by atoms with van der Waals surface area (Å²) in [4.78, 5) is 12.1. The second-order valence-corrected chi connectivity index (χ2v) is 5.01. The SMILES string of the molecule is Cc1nnnn1-c1cccc(NC(=O)C(C)CCCN)c1. The summed E-state index contributed by atoms with van der Waals surface area (Å²) in [6, 6.07) is 7.43. The number of carbonyl (C=O) groups is 1. The molecule has 0 aliphatic rings. The van der Waals surface area contributed by atoms with Crippen LogP contribution in [0.4, 0.5) is 5.69 Å². The first-order chi connectivity index (χ1) is 10.1. The Morgan fingerprint density at radius 1 is 1.48 bits per heavy atom. The Morgan fingerprint density at radius 2 is 2.29 bits per heavy atom. The number of carbonyl (C=O) groups excluding carboxylic acids is 1. The lowest BCUT2D eigenvalue weighted by atomic mass is 10.0. The van der Waals surface area contributed by atoms with E-state index in [1.165, 1.54) is 0 Å². The molecule has 0 fully saturated rings. The molecule has 0 saturated heterocycles. The molecule has 1 unspecified atom stereocenters. The van der Waals surface area contributed by atoms with Crippen molar-refractivity contribution in [1.82, 2.24) is 20.2 Å². The zero-order valence-electron chi connectivity index (χ0n) is 12.3. The lowest BCUT2D eigenvalue weighted by Gasteiger charge is -2.12. The number of amides is 1. The molecule has 0 saturated carbocycles. The van der Waals surface area contributed by atoms with Crippen LogP contribution in [0.15, 0.2) is 24.3 Å². The van der Waals surface area contributed by atoms with Gasteiger partial charge in [-0.3, -0.25) is 4.79 Å². The van der Waals surface area contributed by atoms with Gasteiger partial charge in [-0.25, -0.2) is 0 Å². The minimum atomic E-state index is -0.0630. The van der Waals surface area contributed by atoms with Crippen molar-refractivity contribution < 1.29 is 4.79 Å². The molecule has 0 bridgehead atoms. The Morgan fingerprint density at radius 3 is 2.95 bits per heavy atom. The van der Waals surface area contributed by atoms with E-state index in [2.05, 4.69) is 20.8 Å². The number of rotatable bonds is 6. The third kappa shape index (κ3) is 3.85. The van der Waals surface area contributed by atoms with E-state index in [1.54, 1.807) is 4.68 Å². The van der Waals surface area contributed by atoms with Crippen molar-refractivity contribution in [3.63, 3.8) is 0 Å². The van der Waals surface area contributed by atoms with Crippen LogP contribution in [0.5, 0.6) is 0 Å². The minimum absolute atomic E-state index is 0.00552. The summed E-state index contributed by atoms with van der Waals surface area (Å²) in [5, 5.41) is 14.3. The van der Waals surface area contributed by atoms with Gasteiger partial charge in [0, 0.05) is 11.6 Å². The highest BCUT2D eigenvalue weighted by atomic mass is 16.1. The van der Waals surface area contributed by atoms with Gasteiger partial charge in [0.15, 0.2) is 5.82 Å². The normalized spacial score (nSPS) is 12.1. The summed E-state index contributed by atoms with van der Waals surface area (Å²) >= 11 is 0. The van der Waals surface area contributed by atoms with E-state index >= 15 is 0 Å². The van der Waals surface area contributed by atoms with Crippen LogP contribution in [0.1, 0.15) is 25.6 Å². The number of anilines is 1. The maximum Gasteiger partial charge on any atom is 0.227 e. The standard InChI is InChI=1S/C14H20N6O/c1-10(5-4-8-15)14(21)16-12-6-3-7-13(9-12)20-11(2)17-18-19-20/h3,6-7,9-10H,4-5,8,15H2,1-2H3,(H,16,21). The van der Waals surface area contributed by atoms with Gasteiger partial charge in [-0.1, -0.05) is 13.0 Å². The Hall–Kier alpha value is -2.28. The molecule has 0 aliphatic heterocycles. The van der Waals surface area contributed by atoms with Gasteiger partial charge in [0.2, 0.25) is 5.91 Å². The van der Waals surface area contributed by atoms with Gasteiger partial charge in [0.1, 0.15) is 0 Å². The van der Waals surface area contributed by atoms with Crippen molar-refractivity contribution >= 4 is 11.6 Å². The molecule has 1 atom stereocenters. The highest BCUT2D eigenvalue weighted by Gasteiger charge is 2.13. The van der Waals surface area contributed by atoms with Crippen LogP contribution in [-0.4, -0.2) is 32.7 Å². The highest BCUT2D eigenvalue weighted by Crippen LogP contribution is 2.16. The fraction of sp³-hybridized carbons (Fsp3) is 0.429. The van der Waals surface area contributed by atoms with E-state index in [1.807, 2.05) is 38.1 Å². The second-order valence-electron chi connectivity index (χ2n) is 5.01. The molecule has 112 valence electrons. The molecular weight excluding hydrogens is 268 g/mol. The third-order valence-corrected chi connectivity index (χ3v) is 3.27. The number of tetrazole rings is 1. The van der Waals surface area contributed by atoms with E-state index < -0.39 is 0 Å². The van der Waals surface area contributed by atoms with Crippen LogP contribution in [0.25, 0.3) is 5.69 Å². The zero-order chi connectivity index (χ0) is 15.2. The lowest BCUT2D eigenvalue weighted by Crippen LogP contribution is -2.21. The first-order valence-electron chi connectivity index (χ1n) is 6.98. The van der Waals surface area contributed by atoms with Crippen LogP contribution in [-0.2, 0) is 4.79 Å². The average molecular weight is 288 g/mol. The molecule has 21 heavy (non-hydrogen) atoms. The lowest BCUT2D eigenvalue weighted by molar-refractivity contribution is -0.119. The summed E-state index contributed by atoms with van der Waals surface area (Å²) in [6.07, 6.45) is 1.63. The summed E-state index contributed by atoms with van der Waals surface area (Å²) in [7, 11) is 0. The van der Waals surface area contributed by atoms with Crippen LogP contribution in [0.2, 0.25) is 0 Å². The maximum atomic E-state index is 12.1. The first kappa shape index (κ1) is 15.1. The zero-order valence-corrected chi connectivity index (χ0v) is 12.3. The number of hydrogen-bond donors (Lipinski definition) is 2. The van der Waals surface area contributed by atoms with Crippen LogP contribution in [0, 0.1) is 12.8 Å². The molecule has 1 amide bonds. The van der Waals surface area contributed by atoms with Crippen molar-refractivity contribution in [3.05, 3.63) is 30.1 Å². The Labute approximate surface area is 123 Å². The predicted molar refractivity (Wildman–Crippen MR) is 80.0 cm³/mol. The van der Waals surface area contributed by atoms with E-state index in [0.717, 1.165) is 24.2 Å². The van der Waals surface area contributed by atoms with Gasteiger partial charge in [0.05, 0.1) is 5.69 Å². The van der Waals surface area contributed by atoms with Crippen molar-refractivity contribution in [1.29, 1.82) is 0 Å². The van der Waals surface area contributed by atoms with Crippen molar-refractivity contribution in [2.45, 2.75) is 26.7 Å². The van der Waals surface area contributed by atoms with E-state index in [0.29, 0.717) is 12.4 Å². The highest BCUT2D eigenvalue weighted by molar-refractivity contribution is 5.92. The van der Waals surface area contributed by atoms with Gasteiger partial charge in [-0.05, 0) is 54.9 Å². The average Bonchev–Trinajstić information content (AvgIpc) is 2.91. The van der Waals surface area contributed by atoms with Crippen molar-refractivity contribution in [3.8, 4) is 5.69 Å². The first-order valence-corrected chi connectivity index (χ1v) is 6.98. The number of nitrogens with zero attached hydrogens (tertiary/aromatic N) is 4. The minimum Gasteiger partial charge on any atom is -0.330 e. The molecular formula is C14H20N6O. The fourth-order valence-electron chi connectivity index (χ4n) is 2.01. The van der Waals surface area contributed by atoms with Crippen LogP contribution < -0.4 is 11.1 Å². The largest absolute Gasteiger partial charge is 0.330 e. The molecule has 2 rings (SSSR count). The smallest absolute Gasteiger partial charge is 0.227 e. The van der Waals surface area contributed by atoms with Gasteiger partial charge in [-0.2, -0.15) is 4.68 Å². The summed E-state index contributed by atoms with van der Waals surface area (Å²) in [6.45, 7) is 4.33. The van der Waals surface area contributed by atoms with Gasteiger partial charge in [0.25, 0.3) is 0 Å². The molecule has 1 aromatic heterocycles. The number of hydrogen-bond acceptors (Lipinski definition) is 5. The Balaban J connectivity index is 2.08. The summed E-state index contributed by atoms with van der Waals surface area (Å²) < 4.78 is 1.62. The Kier molecular flexibility index (Phi) is 4.99. The monoisotopic (exact) mass is 288 g/mol. The topological polar surface area (TPSA) is 98.7 Å². The van der Waals surface area contributed by atoms with E-state index in [-0.39, 0.29) is 11.8 Å². The quantitative estimate of drug-likeness (QED) is 0.834. The molecule has 0 radical (unpaired) electrons. The number of nitrogens with two attached hydrogens (primary N) is 1. The fourth-order valence-corrected chi connectivity index (χ4v) is 2.01. The molecule has 7 nitrogen and oxygen atoms in total. The van der Waals surface area contributed by atoms with E-state index in [9.17, 15) is 4.79 Å². The van der Waals surface area contributed by atoms with Gasteiger partial charge >= 0.3 is 0 Å². The molecule has 1 aromatic carbocycles. The predicted octanol–water partition coefficient (Wildman–Crippen LogP) is 1.28. The van der Waals surface area contributed by atoms with E-state index in [4.69, 9.17) is 5.73 Å². The van der Waals surface area contributed by atoms with Crippen molar-refractivity contribution in [2.75, 3.05) is 11.9 Å². The van der Waals surface area contributed by atoms with Gasteiger partial charge < -0.3 is 11.1 Å². The number of aryl methyl sites for hydroxylation is 1. The summed E-state index contributed by atoms with van der Waals surface area (Å²) in [5.74, 6) is 0.621.